The fourth-order valence-corrected chi connectivity index (χ4v) is 3.19. The number of halogens is 1. The molecule has 2 aromatic carbocycles. The highest BCUT2D eigenvalue weighted by Crippen LogP contribution is 2.22. The van der Waals surface area contributed by atoms with Crippen LogP contribution in [0.2, 0.25) is 0 Å². The summed E-state index contributed by atoms with van der Waals surface area (Å²) in [7, 11) is -3.95. The van der Waals surface area contributed by atoms with E-state index in [1.807, 2.05) is 6.92 Å². The van der Waals surface area contributed by atoms with Crippen molar-refractivity contribution >= 4 is 21.7 Å². The summed E-state index contributed by atoms with van der Waals surface area (Å²) in [5.41, 5.74) is 0.382. The fraction of sp³-hybridized carbons (Fsp3) is 0.188. The van der Waals surface area contributed by atoms with E-state index in [1.54, 1.807) is 12.1 Å². The van der Waals surface area contributed by atoms with E-state index in [0.717, 1.165) is 36.6 Å². The Bertz CT molecular complexity index is 816. The third kappa shape index (κ3) is 4.07. The highest BCUT2D eigenvalue weighted by atomic mass is 32.2. The lowest BCUT2D eigenvalue weighted by molar-refractivity contribution is 0.0697. The van der Waals surface area contributed by atoms with Crippen LogP contribution in [-0.2, 0) is 16.4 Å². The number of hydrogen-bond acceptors (Lipinski definition) is 3. The SMILES string of the molecule is CCCc1ccc(S(=O)(=O)Nc2ccc(F)cc2C(=O)O)cc1. The van der Waals surface area contributed by atoms with Crippen LogP contribution < -0.4 is 4.72 Å². The van der Waals surface area contributed by atoms with Gasteiger partial charge in [0.05, 0.1) is 16.1 Å². The predicted molar refractivity (Wildman–Crippen MR) is 84.6 cm³/mol. The van der Waals surface area contributed by atoms with Crippen LogP contribution in [0, 0.1) is 5.82 Å². The molecule has 23 heavy (non-hydrogen) atoms. The monoisotopic (exact) mass is 337 g/mol. The van der Waals surface area contributed by atoms with E-state index in [9.17, 15) is 17.6 Å². The normalized spacial score (nSPS) is 11.2. The molecule has 0 bridgehead atoms. The van der Waals surface area contributed by atoms with Crippen molar-refractivity contribution in [2.24, 2.45) is 0 Å². The van der Waals surface area contributed by atoms with Gasteiger partial charge >= 0.3 is 5.97 Å². The molecule has 0 fully saturated rings. The summed E-state index contributed by atoms with van der Waals surface area (Å²) in [5.74, 6) is -2.17. The van der Waals surface area contributed by atoms with Crippen molar-refractivity contribution in [1.29, 1.82) is 0 Å². The molecule has 0 aliphatic heterocycles. The van der Waals surface area contributed by atoms with Gasteiger partial charge in [0, 0.05) is 0 Å². The third-order valence-corrected chi connectivity index (χ3v) is 4.61. The topological polar surface area (TPSA) is 83.5 Å². The second-order valence-corrected chi connectivity index (χ2v) is 6.68. The van der Waals surface area contributed by atoms with Crippen LogP contribution in [0.15, 0.2) is 47.4 Å². The van der Waals surface area contributed by atoms with Crippen molar-refractivity contribution < 1.29 is 22.7 Å². The Morgan fingerprint density at radius 3 is 2.39 bits per heavy atom. The van der Waals surface area contributed by atoms with E-state index in [0.29, 0.717) is 0 Å². The van der Waals surface area contributed by atoms with Crippen LogP contribution in [0.3, 0.4) is 0 Å². The molecule has 5 nitrogen and oxygen atoms in total. The molecule has 2 N–H and O–H groups in total. The molecule has 7 heteroatoms. The zero-order valence-corrected chi connectivity index (χ0v) is 13.2. The molecule has 122 valence electrons. The summed E-state index contributed by atoms with van der Waals surface area (Å²) in [6, 6.07) is 9.18. The first kappa shape index (κ1) is 17.0. The highest BCUT2D eigenvalue weighted by Gasteiger charge is 2.19. The molecule has 0 spiro atoms. The molecule has 2 aromatic rings. The first-order valence-electron chi connectivity index (χ1n) is 6.98. The van der Waals surface area contributed by atoms with Crippen LogP contribution in [-0.4, -0.2) is 19.5 Å². The Kier molecular flexibility index (Phi) is 5.00. The number of carbonyl (C=O) groups is 1. The molecule has 0 aromatic heterocycles. The number of anilines is 1. The van der Waals surface area contributed by atoms with Gasteiger partial charge in [-0.3, -0.25) is 4.72 Å². The molecular formula is C16H16FNO4S. The zero-order chi connectivity index (χ0) is 17.0. The van der Waals surface area contributed by atoms with Crippen LogP contribution in [0.5, 0.6) is 0 Å². The number of carboxylic acids is 1. The summed E-state index contributed by atoms with van der Waals surface area (Å²) < 4.78 is 40.0. The number of hydrogen-bond donors (Lipinski definition) is 2. The van der Waals surface area contributed by atoms with E-state index in [4.69, 9.17) is 5.11 Å². The minimum Gasteiger partial charge on any atom is -0.478 e. The van der Waals surface area contributed by atoms with Gasteiger partial charge in [0.15, 0.2) is 0 Å². The van der Waals surface area contributed by atoms with Gasteiger partial charge in [-0.25, -0.2) is 17.6 Å². The summed E-state index contributed by atoms with van der Waals surface area (Å²) in [6.45, 7) is 2.02. The second kappa shape index (κ2) is 6.78. The fourth-order valence-electron chi connectivity index (χ4n) is 2.11. The molecule has 0 unspecified atom stereocenters. The van der Waals surface area contributed by atoms with Crippen LogP contribution >= 0.6 is 0 Å². The Morgan fingerprint density at radius 1 is 1.17 bits per heavy atom. The van der Waals surface area contributed by atoms with E-state index in [1.165, 1.54) is 12.1 Å². The Labute approximate surface area is 133 Å². The molecule has 2 rings (SSSR count). The summed E-state index contributed by atoms with van der Waals surface area (Å²) in [6.07, 6.45) is 1.79. The minimum absolute atomic E-state index is 0.0121. The molecule has 0 saturated carbocycles. The molecule has 0 atom stereocenters. The lowest BCUT2D eigenvalue weighted by Crippen LogP contribution is -2.15. The van der Waals surface area contributed by atoms with Crippen molar-refractivity contribution in [3.8, 4) is 0 Å². The molecule has 0 radical (unpaired) electrons. The highest BCUT2D eigenvalue weighted by molar-refractivity contribution is 7.92. The third-order valence-electron chi connectivity index (χ3n) is 3.23. The van der Waals surface area contributed by atoms with Crippen LogP contribution in [0.1, 0.15) is 29.3 Å². The summed E-state index contributed by atoms with van der Waals surface area (Å²) >= 11 is 0. The maximum atomic E-state index is 13.1. The second-order valence-electron chi connectivity index (χ2n) is 4.99. The predicted octanol–water partition coefficient (Wildman–Crippen LogP) is 3.28. The lowest BCUT2D eigenvalue weighted by Gasteiger charge is -2.11. The van der Waals surface area contributed by atoms with Crippen LogP contribution in [0.25, 0.3) is 0 Å². The standard InChI is InChI=1S/C16H16FNO4S/c1-2-3-11-4-7-13(8-5-11)23(21,22)18-15-9-6-12(17)10-14(15)16(19)20/h4-10,18H,2-3H2,1H3,(H,19,20). The number of aryl methyl sites for hydroxylation is 1. The molecule has 0 aliphatic rings. The quantitative estimate of drug-likeness (QED) is 0.847. The molecule has 0 amide bonds. The number of carboxylic acid groups (broad SMARTS) is 1. The average Bonchev–Trinajstić information content (AvgIpc) is 2.49. The Hall–Kier alpha value is -2.41. The minimum atomic E-state index is -3.95. The van der Waals surface area contributed by atoms with Crippen molar-refractivity contribution in [1.82, 2.24) is 0 Å². The van der Waals surface area contributed by atoms with Gasteiger partial charge in [-0.1, -0.05) is 25.5 Å². The number of aromatic carboxylic acids is 1. The van der Waals surface area contributed by atoms with Gasteiger partial charge in [0.2, 0.25) is 0 Å². The smallest absolute Gasteiger partial charge is 0.337 e. The maximum Gasteiger partial charge on any atom is 0.337 e. The van der Waals surface area contributed by atoms with Crippen molar-refractivity contribution in [2.45, 2.75) is 24.7 Å². The molecule has 0 saturated heterocycles. The summed E-state index contributed by atoms with van der Waals surface area (Å²) in [4.78, 5) is 11.1. The molecule has 0 aliphatic carbocycles. The van der Waals surface area contributed by atoms with E-state index in [2.05, 4.69) is 4.72 Å². The Balaban J connectivity index is 2.33. The van der Waals surface area contributed by atoms with Gasteiger partial charge < -0.3 is 5.11 Å². The van der Waals surface area contributed by atoms with Gasteiger partial charge in [0.1, 0.15) is 5.82 Å². The van der Waals surface area contributed by atoms with E-state index >= 15 is 0 Å². The first-order valence-corrected chi connectivity index (χ1v) is 8.46. The Morgan fingerprint density at radius 2 is 1.83 bits per heavy atom. The lowest BCUT2D eigenvalue weighted by atomic mass is 10.1. The number of nitrogens with one attached hydrogen (secondary N) is 1. The van der Waals surface area contributed by atoms with Crippen molar-refractivity contribution in [2.75, 3.05) is 4.72 Å². The summed E-state index contributed by atoms with van der Waals surface area (Å²) in [5, 5.41) is 9.05. The molecule has 0 heterocycles. The van der Waals surface area contributed by atoms with E-state index < -0.39 is 27.4 Å². The van der Waals surface area contributed by atoms with Gasteiger partial charge in [0.25, 0.3) is 10.0 Å². The maximum absolute atomic E-state index is 13.1. The number of sulfonamides is 1. The largest absolute Gasteiger partial charge is 0.478 e. The number of benzene rings is 2. The van der Waals surface area contributed by atoms with Crippen molar-refractivity contribution in [3.05, 3.63) is 59.4 Å². The van der Waals surface area contributed by atoms with Crippen LogP contribution in [0.4, 0.5) is 10.1 Å². The first-order chi connectivity index (χ1) is 10.8. The van der Waals surface area contributed by atoms with Gasteiger partial charge in [-0.05, 0) is 42.3 Å². The average molecular weight is 337 g/mol. The van der Waals surface area contributed by atoms with Crippen molar-refractivity contribution in [3.63, 3.8) is 0 Å². The van der Waals surface area contributed by atoms with Gasteiger partial charge in [-0.15, -0.1) is 0 Å². The zero-order valence-electron chi connectivity index (χ0n) is 12.4. The van der Waals surface area contributed by atoms with E-state index in [-0.39, 0.29) is 10.6 Å². The van der Waals surface area contributed by atoms with Gasteiger partial charge in [-0.2, -0.15) is 0 Å². The number of rotatable bonds is 6. The molecular weight excluding hydrogens is 321 g/mol.